The molecule has 1 heterocycles. The Bertz CT molecular complexity index is 1200. The van der Waals surface area contributed by atoms with Crippen LogP contribution in [-0.4, -0.2) is 71.1 Å². The van der Waals surface area contributed by atoms with Crippen molar-refractivity contribution in [3.63, 3.8) is 0 Å². The van der Waals surface area contributed by atoms with Gasteiger partial charge in [-0.25, -0.2) is 4.79 Å². The van der Waals surface area contributed by atoms with Gasteiger partial charge in [-0.3, -0.25) is 4.79 Å². The Hall–Kier alpha value is -3.88. The molecule has 1 aliphatic heterocycles. The van der Waals surface area contributed by atoms with Crippen LogP contribution in [0.4, 0.5) is 5.69 Å². The number of rotatable bonds is 14. The number of carbonyl (C=O) groups is 2. The minimum absolute atomic E-state index is 0.0156. The molecule has 1 aliphatic rings. The zero-order chi connectivity index (χ0) is 28.2. The summed E-state index contributed by atoms with van der Waals surface area (Å²) in [7, 11) is 1.50. The summed E-state index contributed by atoms with van der Waals surface area (Å²) in [5.74, 6) is 1.08. The summed E-state index contributed by atoms with van der Waals surface area (Å²) in [6, 6.07) is 22.6. The van der Waals surface area contributed by atoms with Gasteiger partial charge in [-0.1, -0.05) is 12.1 Å². The first-order valence-corrected chi connectivity index (χ1v) is 13.7. The average molecular weight is 548 g/mol. The molecule has 0 aliphatic carbocycles. The zero-order valence-corrected chi connectivity index (χ0v) is 23.2. The number of hydrogen-bond donors (Lipinski definition) is 0. The van der Waals surface area contributed by atoms with Gasteiger partial charge in [-0.15, -0.1) is 0 Å². The van der Waals surface area contributed by atoms with Crippen LogP contribution in [-0.2, 0) is 25.4 Å². The third kappa shape index (κ3) is 8.31. The molecule has 4 rings (SSSR count). The Balaban J connectivity index is 1.17. The van der Waals surface area contributed by atoms with Crippen molar-refractivity contribution in [3.8, 4) is 11.5 Å². The molecule has 0 bridgehead atoms. The topological polar surface area (TPSA) is 83.5 Å². The standard InChI is InChI=1S/C32H37NO7/c1-3-38-32(35)30(36-2)23-24-5-13-28(14-6-24)39-19-4-20-40-29-15-9-26(10-16-29)31(34)25-7-11-27(12-8-25)33-17-21-37-22-18-33/h5-16,30H,3-4,17-23H2,1-2H3/t30-/m0/s1. The molecule has 8 heteroatoms. The summed E-state index contributed by atoms with van der Waals surface area (Å²) in [4.78, 5) is 27.1. The smallest absolute Gasteiger partial charge is 0.335 e. The van der Waals surface area contributed by atoms with Crippen molar-refractivity contribution < 1.29 is 33.3 Å². The third-order valence-corrected chi connectivity index (χ3v) is 6.63. The molecule has 40 heavy (non-hydrogen) atoms. The van der Waals surface area contributed by atoms with Gasteiger partial charge in [0.1, 0.15) is 11.5 Å². The minimum Gasteiger partial charge on any atom is -0.493 e. The highest BCUT2D eigenvalue weighted by molar-refractivity contribution is 6.09. The molecule has 0 N–H and O–H groups in total. The number of hydrogen-bond acceptors (Lipinski definition) is 8. The van der Waals surface area contributed by atoms with Gasteiger partial charge in [0.2, 0.25) is 0 Å². The third-order valence-electron chi connectivity index (χ3n) is 6.63. The van der Waals surface area contributed by atoms with Crippen LogP contribution in [0.5, 0.6) is 11.5 Å². The van der Waals surface area contributed by atoms with Crippen molar-refractivity contribution in [2.24, 2.45) is 0 Å². The van der Waals surface area contributed by atoms with Crippen molar-refractivity contribution in [1.82, 2.24) is 0 Å². The Labute approximate surface area is 235 Å². The molecule has 0 spiro atoms. The van der Waals surface area contributed by atoms with Crippen molar-refractivity contribution in [2.75, 3.05) is 58.1 Å². The normalized spacial score (nSPS) is 13.9. The fourth-order valence-corrected chi connectivity index (χ4v) is 4.39. The summed E-state index contributed by atoms with van der Waals surface area (Å²) < 4.78 is 27.3. The first kappa shape index (κ1) is 29.1. The first-order chi connectivity index (χ1) is 19.6. The molecule has 0 aromatic heterocycles. The molecule has 0 radical (unpaired) electrons. The molecule has 0 unspecified atom stereocenters. The van der Waals surface area contributed by atoms with Crippen LogP contribution >= 0.6 is 0 Å². The molecule has 1 fully saturated rings. The van der Waals surface area contributed by atoms with Crippen LogP contribution in [0.3, 0.4) is 0 Å². The minimum atomic E-state index is -0.622. The summed E-state index contributed by atoms with van der Waals surface area (Å²) in [5, 5.41) is 0. The van der Waals surface area contributed by atoms with E-state index in [9.17, 15) is 9.59 Å². The van der Waals surface area contributed by atoms with E-state index in [0.29, 0.717) is 49.5 Å². The molecule has 8 nitrogen and oxygen atoms in total. The second kappa shape index (κ2) is 15.1. The highest BCUT2D eigenvalue weighted by atomic mass is 16.6. The monoisotopic (exact) mass is 547 g/mol. The maximum atomic E-state index is 12.9. The van der Waals surface area contributed by atoms with Gasteiger partial charge in [-0.05, 0) is 73.2 Å². The van der Waals surface area contributed by atoms with E-state index in [1.807, 2.05) is 60.7 Å². The number of nitrogens with zero attached hydrogens (tertiary/aromatic N) is 1. The van der Waals surface area contributed by atoms with Crippen molar-refractivity contribution in [2.45, 2.75) is 25.9 Å². The number of morpholine rings is 1. The highest BCUT2D eigenvalue weighted by Gasteiger charge is 2.19. The number of ether oxygens (including phenoxy) is 5. The van der Waals surface area contributed by atoms with E-state index < -0.39 is 6.10 Å². The predicted octanol–water partition coefficient (Wildman–Crippen LogP) is 4.72. The Kier molecular flexibility index (Phi) is 11.0. The lowest BCUT2D eigenvalue weighted by Crippen LogP contribution is -2.36. The molecule has 3 aromatic rings. The van der Waals surface area contributed by atoms with Crippen LogP contribution in [0, 0.1) is 0 Å². The second-order valence-electron chi connectivity index (χ2n) is 9.37. The van der Waals surface area contributed by atoms with Crippen LogP contribution < -0.4 is 14.4 Å². The molecule has 0 saturated carbocycles. The van der Waals surface area contributed by atoms with Gasteiger partial charge in [0.25, 0.3) is 0 Å². The lowest BCUT2D eigenvalue weighted by Gasteiger charge is -2.28. The summed E-state index contributed by atoms with van der Waals surface area (Å²) >= 11 is 0. The zero-order valence-electron chi connectivity index (χ0n) is 23.2. The van der Waals surface area contributed by atoms with E-state index in [4.69, 9.17) is 23.7 Å². The van der Waals surface area contributed by atoms with Crippen LogP contribution in [0.25, 0.3) is 0 Å². The van der Waals surface area contributed by atoms with E-state index in [1.54, 1.807) is 19.1 Å². The lowest BCUT2D eigenvalue weighted by molar-refractivity contribution is -0.154. The largest absolute Gasteiger partial charge is 0.493 e. The molecular weight excluding hydrogens is 510 g/mol. The summed E-state index contributed by atoms with van der Waals surface area (Å²) in [6.45, 7) is 6.27. The Morgan fingerprint density at radius 3 is 1.93 bits per heavy atom. The number of ketones is 1. The van der Waals surface area contributed by atoms with E-state index in [-0.39, 0.29) is 11.8 Å². The fourth-order valence-electron chi connectivity index (χ4n) is 4.39. The Morgan fingerprint density at radius 1 is 0.825 bits per heavy atom. The van der Waals surface area contributed by atoms with Gasteiger partial charge in [0.15, 0.2) is 11.9 Å². The quantitative estimate of drug-likeness (QED) is 0.163. The maximum absolute atomic E-state index is 12.9. The van der Waals surface area contributed by atoms with Crippen molar-refractivity contribution in [1.29, 1.82) is 0 Å². The lowest BCUT2D eigenvalue weighted by atomic mass is 10.0. The van der Waals surface area contributed by atoms with Gasteiger partial charge in [0.05, 0.1) is 33.0 Å². The first-order valence-electron chi connectivity index (χ1n) is 13.7. The van der Waals surface area contributed by atoms with Crippen molar-refractivity contribution >= 4 is 17.4 Å². The molecule has 1 saturated heterocycles. The molecule has 1 atom stereocenters. The number of anilines is 1. The predicted molar refractivity (Wildman–Crippen MR) is 153 cm³/mol. The van der Waals surface area contributed by atoms with Crippen LogP contribution in [0.2, 0.25) is 0 Å². The van der Waals surface area contributed by atoms with Gasteiger partial charge < -0.3 is 28.6 Å². The van der Waals surface area contributed by atoms with Gasteiger partial charge in [0, 0.05) is 49.9 Å². The van der Waals surface area contributed by atoms with E-state index >= 15 is 0 Å². The Morgan fingerprint density at radius 2 is 1.38 bits per heavy atom. The number of methoxy groups -OCH3 is 1. The number of benzene rings is 3. The average Bonchev–Trinajstić information content (AvgIpc) is 3.01. The SMILES string of the molecule is CCOC(=O)[C@H](Cc1ccc(OCCCOc2ccc(C(=O)c3ccc(N4CCOCC4)cc3)cc2)cc1)OC. The molecular formula is C32H37NO7. The maximum Gasteiger partial charge on any atom is 0.335 e. The second-order valence-corrected chi connectivity index (χ2v) is 9.37. The molecule has 212 valence electrons. The molecule has 0 amide bonds. The van der Waals surface area contributed by atoms with Gasteiger partial charge >= 0.3 is 5.97 Å². The van der Waals surface area contributed by atoms with E-state index in [2.05, 4.69) is 4.90 Å². The number of carbonyl (C=O) groups excluding carboxylic acids is 2. The number of esters is 1. The summed E-state index contributed by atoms with van der Waals surface area (Å²) in [6.07, 6.45) is 0.518. The van der Waals surface area contributed by atoms with Gasteiger partial charge in [-0.2, -0.15) is 0 Å². The van der Waals surface area contributed by atoms with Crippen LogP contribution in [0.15, 0.2) is 72.8 Å². The van der Waals surface area contributed by atoms with E-state index in [1.165, 1.54) is 7.11 Å². The van der Waals surface area contributed by atoms with E-state index in [0.717, 1.165) is 43.3 Å². The van der Waals surface area contributed by atoms with Crippen molar-refractivity contribution in [3.05, 3.63) is 89.5 Å². The summed E-state index contributed by atoms with van der Waals surface area (Å²) in [5.41, 5.74) is 3.35. The van der Waals surface area contributed by atoms with Crippen LogP contribution in [0.1, 0.15) is 34.8 Å². The molecule has 3 aromatic carbocycles. The fraction of sp³-hybridized carbons (Fsp3) is 0.375. The highest BCUT2D eigenvalue weighted by Crippen LogP contribution is 2.20.